The van der Waals surface area contributed by atoms with Gasteiger partial charge in [-0.15, -0.1) is 0 Å². The van der Waals surface area contributed by atoms with E-state index in [2.05, 4.69) is 123 Å². The van der Waals surface area contributed by atoms with E-state index in [1.54, 1.807) is 0 Å². The third kappa shape index (κ3) is 45.0. The Hall–Kier alpha value is -4.01. The lowest BCUT2D eigenvalue weighted by Crippen LogP contribution is -2.50. The molecule has 0 amide bonds. The summed E-state index contributed by atoms with van der Waals surface area (Å²) in [5.41, 5.74) is 0. The number of likely N-dealkylation sites (N-methyl/N-ethyl adjacent to an activating group) is 1. The van der Waals surface area contributed by atoms with Gasteiger partial charge in [-0.05, 0) is 96.3 Å². The summed E-state index contributed by atoms with van der Waals surface area (Å²) >= 11 is 0. The lowest BCUT2D eigenvalue weighted by molar-refractivity contribution is -0.887. The van der Waals surface area contributed by atoms with E-state index in [4.69, 9.17) is 14.2 Å². The van der Waals surface area contributed by atoms with Crippen LogP contribution in [0.25, 0.3) is 0 Å². The predicted octanol–water partition coefficient (Wildman–Crippen LogP) is 14.8. The van der Waals surface area contributed by atoms with Crippen LogP contribution < -0.4 is 0 Å². The number of carbonyl (C=O) groups excluding carboxylic acids is 2. The number of carboxylic acid groups (broad SMARTS) is 1. The average Bonchev–Trinajstić information content (AvgIpc) is 3.27. The topological polar surface area (TPSA) is 99.1 Å². The highest BCUT2D eigenvalue weighted by atomic mass is 16.6. The summed E-state index contributed by atoms with van der Waals surface area (Å²) in [5.74, 6) is -1.54. The van der Waals surface area contributed by atoms with E-state index in [0.29, 0.717) is 19.3 Å². The minimum absolute atomic E-state index is 0.0352. The fraction of sp³-hybridized carbons (Fsp3) is 0.632. The van der Waals surface area contributed by atoms with Gasteiger partial charge in [0.05, 0.1) is 34.4 Å². The number of esters is 2. The lowest BCUT2D eigenvalue weighted by Gasteiger charge is -2.31. The van der Waals surface area contributed by atoms with Gasteiger partial charge in [0.15, 0.2) is 12.1 Å². The van der Waals surface area contributed by atoms with Crippen molar-refractivity contribution in [2.75, 3.05) is 41.0 Å². The molecule has 0 aromatic rings. The molecule has 1 N–H and O–H groups in total. The average molecular weight is 905 g/mol. The zero-order chi connectivity index (χ0) is 47.7. The number of rotatable bonds is 44. The monoisotopic (exact) mass is 905 g/mol. The Balaban J connectivity index is 4.36. The van der Waals surface area contributed by atoms with E-state index < -0.39 is 18.1 Å². The largest absolute Gasteiger partial charge is 0.477 e. The van der Waals surface area contributed by atoms with E-state index in [9.17, 15) is 19.5 Å². The molecule has 0 rings (SSSR count). The molecule has 8 heteroatoms. The Labute approximate surface area is 398 Å². The van der Waals surface area contributed by atoms with Crippen LogP contribution in [0, 0.1) is 0 Å². The molecule has 0 aliphatic carbocycles. The first-order valence-electron chi connectivity index (χ1n) is 25.4. The molecular weight excluding hydrogens is 811 g/mol. The van der Waals surface area contributed by atoms with Crippen molar-refractivity contribution in [1.82, 2.24) is 0 Å². The second-order valence-corrected chi connectivity index (χ2v) is 17.7. The third-order valence-corrected chi connectivity index (χ3v) is 10.7. The minimum Gasteiger partial charge on any atom is -0.477 e. The lowest BCUT2D eigenvalue weighted by atomic mass is 10.1. The molecule has 0 aliphatic heterocycles. The molecule has 0 aromatic heterocycles. The first-order chi connectivity index (χ1) is 31.6. The molecule has 0 aromatic carbocycles. The molecule has 65 heavy (non-hydrogen) atoms. The Morgan fingerprint density at radius 2 is 0.815 bits per heavy atom. The molecule has 368 valence electrons. The molecule has 0 fully saturated rings. The van der Waals surface area contributed by atoms with Crippen molar-refractivity contribution in [3.8, 4) is 0 Å². The zero-order valence-electron chi connectivity index (χ0n) is 41.9. The maximum absolute atomic E-state index is 12.8. The first kappa shape index (κ1) is 61.0. The summed E-state index contributed by atoms with van der Waals surface area (Å²) < 4.78 is 17.3. The summed E-state index contributed by atoms with van der Waals surface area (Å²) in [5, 5.41) is 9.66. The van der Waals surface area contributed by atoms with Crippen molar-refractivity contribution in [3.63, 3.8) is 0 Å². The summed E-state index contributed by atoms with van der Waals surface area (Å²) in [4.78, 5) is 37.2. The highest BCUT2D eigenvalue weighted by Gasteiger charge is 2.31. The molecule has 0 heterocycles. The molecule has 0 radical (unpaired) electrons. The molecule has 0 aliphatic rings. The number of ether oxygens (including phenoxy) is 3. The van der Waals surface area contributed by atoms with E-state index >= 15 is 0 Å². The van der Waals surface area contributed by atoms with Crippen LogP contribution in [0.2, 0.25) is 0 Å². The highest BCUT2D eigenvalue weighted by molar-refractivity contribution is 5.72. The molecular formula is C57H94NO7+. The summed E-state index contributed by atoms with van der Waals surface area (Å²) in [6.45, 7) is 4.45. The van der Waals surface area contributed by atoms with Crippen LogP contribution in [0.4, 0.5) is 0 Å². The standard InChI is InChI=1S/C57H93NO7/c1-6-8-10-12-14-16-18-20-22-24-26-28-30-32-34-36-38-40-42-44-46-48-56(60)65-53(51-63-50-49-54(57(61)62)58(3,4)5)52-64-55(59)47-45-43-41-39-37-35-33-31-29-27-25-23-21-19-17-15-13-11-9-7-2/h8-11,14-17,20-23,26,28,32,34,38,40,53-54H,6-7,12-13,18-19,24-25,27,29-31,33,35-37,39,41-52H2,1-5H3/p+1/b10-8+,11-9+,16-14+,17-15+,22-20+,23-21+,28-26+,34-32+,40-38+. The van der Waals surface area contributed by atoms with E-state index in [0.717, 1.165) is 89.9 Å². The van der Waals surface area contributed by atoms with Gasteiger partial charge in [0.25, 0.3) is 0 Å². The van der Waals surface area contributed by atoms with Gasteiger partial charge in [0.1, 0.15) is 6.61 Å². The van der Waals surface area contributed by atoms with Crippen molar-refractivity contribution in [2.24, 2.45) is 0 Å². The molecule has 2 atom stereocenters. The third-order valence-electron chi connectivity index (χ3n) is 10.7. The van der Waals surface area contributed by atoms with Crippen molar-refractivity contribution < 1.29 is 38.2 Å². The van der Waals surface area contributed by atoms with Crippen LogP contribution in [-0.2, 0) is 28.6 Å². The van der Waals surface area contributed by atoms with Gasteiger partial charge >= 0.3 is 17.9 Å². The smallest absolute Gasteiger partial charge is 0.362 e. The Morgan fingerprint density at radius 1 is 0.462 bits per heavy atom. The fourth-order valence-corrected chi connectivity index (χ4v) is 6.81. The number of hydrogen-bond acceptors (Lipinski definition) is 6. The van der Waals surface area contributed by atoms with Gasteiger partial charge in [0.2, 0.25) is 0 Å². The summed E-state index contributed by atoms with van der Waals surface area (Å²) in [6.07, 6.45) is 64.3. The summed E-state index contributed by atoms with van der Waals surface area (Å²) in [6, 6.07) is -0.631. The van der Waals surface area contributed by atoms with Crippen LogP contribution in [0.5, 0.6) is 0 Å². The van der Waals surface area contributed by atoms with E-state index in [-0.39, 0.29) is 42.7 Å². The fourth-order valence-electron chi connectivity index (χ4n) is 6.81. The highest BCUT2D eigenvalue weighted by Crippen LogP contribution is 2.14. The number of hydrogen-bond donors (Lipinski definition) is 1. The number of unbranched alkanes of at least 4 members (excludes halogenated alkanes) is 12. The Morgan fingerprint density at radius 3 is 1.23 bits per heavy atom. The van der Waals surface area contributed by atoms with Crippen LogP contribution in [0.15, 0.2) is 109 Å². The van der Waals surface area contributed by atoms with E-state index in [1.165, 1.54) is 51.4 Å². The molecule has 0 bridgehead atoms. The molecule has 8 nitrogen and oxygen atoms in total. The number of aliphatic carboxylic acids is 1. The van der Waals surface area contributed by atoms with Gasteiger partial charge in [-0.25, -0.2) is 4.79 Å². The van der Waals surface area contributed by atoms with Gasteiger partial charge in [0, 0.05) is 19.3 Å². The second-order valence-electron chi connectivity index (χ2n) is 17.7. The van der Waals surface area contributed by atoms with Crippen molar-refractivity contribution in [3.05, 3.63) is 109 Å². The van der Waals surface area contributed by atoms with Crippen molar-refractivity contribution in [2.45, 2.75) is 193 Å². The zero-order valence-corrected chi connectivity index (χ0v) is 41.9. The van der Waals surface area contributed by atoms with Crippen LogP contribution in [-0.4, -0.2) is 80.6 Å². The molecule has 0 saturated heterocycles. The number of nitrogens with zero attached hydrogens (tertiary/aromatic N) is 1. The van der Waals surface area contributed by atoms with Crippen LogP contribution in [0.1, 0.15) is 181 Å². The Kier molecular flexibility index (Phi) is 43.6. The van der Waals surface area contributed by atoms with Gasteiger partial charge in [-0.2, -0.15) is 0 Å². The van der Waals surface area contributed by atoms with Gasteiger partial charge < -0.3 is 23.8 Å². The van der Waals surface area contributed by atoms with Crippen LogP contribution in [0.3, 0.4) is 0 Å². The number of allylic oxidation sites excluding steroid dienone is 18. The molecule has 0 saturated carbocycles. The summed E-state index contributed by atoms with van der Waals surface area (Å²) in [7, 11) is 5.51. The molecule has 0 spiro atoms. The molecule has 2 unspecified atom stereocenters. The van der Waals surface area contributed by atoms with Gasteiger partial charge in [-0.3, -0.25) is 9.59 Å². The minimum atomic E-state index is -0.887. The quantitative estimate of drug-likeness (QED) is 0.0281. The van der Waals surface area contributed by atoms with Crippen molar-refractivity contribution >= 4 is 17.9 Å². The predicted molar refractivity (Wildman–Crippen MR) is 275 cm³/mol. The number of carboxylic acids is 1. The SMILES string of the molecule is CC/C=C/C/C=C/C/C=C/C/C=C/C/C=C/C/C=C/CCCCC(=O)OC(COCCC(C(=O)O)[N+](C)(C)C)COC(=O)CCCCCCCCCCCC/C=C/C/C=C/C/C=C/CC. The number of carbonyl (C=O) groups is 3. The number of quaternary nitrogens is 1. The van der Waals surface area contributed by atoms with E-state index in [1.807, 2.05) is 21.1 Å². The Bertz CT molecular complexity index is 1420. The van der Waals surface area contributed by atoms with Crippen molar-refractivity contribution in [1.29, 1.82) is 0 Å². The maximum Gasteiger partial charge on any atom is 0.362 e. The van der Waals surface area contributed by atoms with Crippen LogP contribution >= 0.6 is 0 Å². The normalized spacial score (nSPS) is 13.8. The first-order valence-corrected chi connectivity index (χ1v) is 25.4. The maximum atomic E-state index is 12.8. The van der Waals surface area contributed by atoms with Gasteiger partial charge in [-0.1, -0.05) is 175 Å². The second kappa shape index (κ2) is 46.5.